The lowest BCUT2D eigenvalue weighted by Gasteiger charge is -2.52. The molecule has 13 heteroatoms. The minimum atomic E-state index is -2.67. The number of carboxylic acid groups (broad SMARTS) is 1. The number of aliphatic hydroxyl groups excluding tert-OH is 6. The second-order valence-corrected chi connectivity index (χ2v) is 6.59. The van der Waals surface area contributed by atoms with Crippen LogP contribution in [0.1, 0.15) is 6.42 Å². The summed E-state index contributed by atoms with van der Waals surface area (Å²) in [6.07, 6.45) is -15.5. The molecule has 2 heterocycles. The van der Waals surface area contributed by atoms with Gasteiger partial charge in [-0.05, 0) is 0 Å². The number of carboxylic acids is 1. The molecule has 0 amide bonds. The van der Waals surface area contributed by atoms with Gasteiger partial charge in [0.1, 0.15) is 68.5 Å². The molecule has 0 aromatic heterocycles. The number of hydrogen-bond acceptors (Lipinski definition) is 12. The molecule has 161 valence electrons. The van der Waals surface area contributed by atoms with Gasteiger partial charge in [0.25, 0.3) is 0 Å². The van der Waals surface area contributed by atoms with Crippen molar-refractivity contribution in [3.05, 3.63) is 6.61 Å². The summed E-state index contributed by atoms with van der Waals surface area (Å²) < 4.78 is 14.8. The van der Waals surface area contributed by atoms with E-state index in [1.54, 1.807) is 0 Å². The average Bonchev–Trinajstić information content (AvgIpc) is 2.63. The Hall–Kier alpha value is -1.42. The van der Waals surface area contributed by atoms with E-state index >= 15 is 0 Å². The number of carbonyl (C=O) groups excluding carboxylic acids is 1. The Balaban J connectivity index is 2.20. The van der Waals surface area contributed by atoms with E-state index < -0.39 is 86.0 Å². The van der Waals surface area contributed by atoms with Crippen LogP contribution in [0.5, 0.6) is 0 Å². The van der Waals surface area contributed by atoms with Crippen LogP contribution in [-0.4, -0.2) is 120 Å². The summed E-state index contributed by atoms with van der Waals surface area (Å²) >= 11 is 0. The highest BCUT2D eigenvalue weighted by Gasteiger charge is 2.62. The third kappa shape index (κ3) is 4.27. The standard InChI is InChI=1S/C15H23O13/c16-2-5-13(24)15(25,7(17)4-26-5)14-12(23)11(22)10(21)6(28-14)3-27-9(20)1-8(18)19/h4-7,10-14,16-17,21-25H,1-3H2,(H,18,19)/t5-,6-,7+,10-,11+,12-,13-,14?,15-/m1/s1. The average molecular weight is 411 g/mol. The van der Waals surface area contributed by atoms with Gasteiger partial charge in [0.05, 0.1) is 6.61 Å². The number of carbonyl (C=O) groups is 2. The third-order valence-corrected chi connectivity index (χ3v) is 4.73. The second kappa shape index (κ2) is 8.94. The Kier molecular flexibility index (Phi) is 7.30. The van der Waals surface area contributed by atoms with Gasteiger partial charge in [-0.15, -0.1) is 0 Å². The predicted molar refractivity (Wildman–Crippen MR) is 83.1 cm³/mol. The Morgan fingerprint density at radius 2 is 1.68 bits per heavy atom. The maximum Gasteiger partial charge on any atom is 0.317 e. The largest absolute Gasteiger partial charge is 0.481 e. The van der Waals surface area contributed by atoms with Crippen LogP contribution in [-0.2, 0) is 23.8 Å². The monoisotopic (exact) mass is 411 g/mol. The number of aliphatic carboxylic acids is 1. The summed E-state index contributed by atoms with van der Waals surface area (Å²) in [7, 11) is 0. The first-order valence-corrected chi connectivity index (χ1v) is 8.29. The molecule has 28 heavy (non-hydrogen) atoms. The normalized spacial score (nSPS) is 44.1. The molecule has 1 unspecified atom stereocenters. The highest BCUT2D eigenvalue weighted by Crippen LogP contribution is 2.38. The van der Waals surface area contributed by atoms with E-state index in [-0.39, 0.29) is 0 Å². The van der Waals surface area contributed by atoms with Gasteiger partial charge in [-0.3, -0.25) is 9.59 Å². The lowest BCUT2D eigenvalue weighted by atomic mass is 9.75. The van der Waals surface area contributed by atoms with Crippen molar-refractivity contribution in [1.82, 2.24) is 0 Å². The summed E-state index contributed by atoms with van der Waals surface area (Å²) in [6.45, 7) is -0.820. The minimum absolute atomic E-state index is 0.697. The van der Waals surface area contributed by atoms with E-state index in [1.807, 2.05) is 0 Å². The van der Waals surface area contributed by atoms with Crippen molar-refractivity contribution >= 4 is 11.9 Å². The van der Waals surface area contributed by atoms with Gasteiger partial charge in [-0.25, -0.2) is 0 Å². The molecule has 2 fully saturated rings. The zero-order valence-electron chi connectivity index (χ0n) is 14.4. The van der Waals surface area contributed by atoms with E-state index in [2.05, 4.69) is 4.74 Å². The first-order valence-electron chi connectivity index (χ1n) is 8.29. The molecule has 0 aliphatic carbocycles. The Morgan fingerprint density at radius 1 is 1.04 bits per heavy atom. The maximum atomic E-state index is 11.4. The highest BCUT2D eigenvalue weighted by molar-refractivity contribution is 5.90. The molecule has 2 saturated heterocycles. The van der Waals surface area contributed by atoms with Crippen LogP contribution in [0, 0.1) is 6.61 Å². The van der Waals surface area contributed by atoms with Crippen molar-refractivity contribution in [1.29, 1.82) is 0 Å². The van der Waals surface area contributed by atoms with Crippen LogP contribution in [0.2, 0.25) is 0 Å². The first kappa shape index (κ1) is 22.9. The summed E-state index contributed by atoms with van der Waals surface area (Å²) in [5.74, 6) is -2.63. The molecule has 1 radical (unpaired) electrons. The van der Waals surface area contributed by atoms with Crippen LogP contribution in [0.3, 0.4) is 0 Å². The third-order valence-electron chi connectivity index (χ3n) is 4.73. The molecular formula is C15H23O13. The SMILES string of the molecule is O=C(O)CC(=O)OC[C@H]1OC([C@]2(O)[C@H](O)[C@@H](CO)O[CH][C@@H]2O)[C@H](O)[C@@H](O)[C@@H]1O. The fourth-order valence-electron chi connectivity index (χ4n) is 3.13. The van der Waals surface area contributed by atoms with Gasteiger partial charge >= 0.3 is 11.9 Å². The molecule has 0 aromatic carbocycles. The number of rotatable bonds is 6. The van der Waals surface area contributed by atoms with Crippen molar-refractivity contribution < 1.29 is 64.7 Å². The van der Waals surface area contributed by atoms with E-state index in [1.165, 1.54) is 0 Å². The smallest absolute Gasteiger partial charge is 0.317 e. The second-order valence-electron chi connectivity index (χ2n) is 6.59. The molecule has 0 aromatic rings. The maximum absolute atomic E-state index is 11.4. The molecular weight excluding hydrogens is 388 g/mol. The summed E-state index contributed by atoms with van der Waals surface area (Å²) in [5.41, 5.74) is -2.67. The Bertz CT molecular complexity index is 570. The first-order chi connectivity index (χ1) is 13.0. The van der Waals surface area contributed by atoms with Gasteiger partial charge in [-0.2, -0.15) is 0 Å². The molecule has 2 rings (SSSR count). The zero-order chi connectivity index (χ0) is 21.2. The predicted octanol–water partition coefficient (Wildman–Crippen LogP) is -5.14. The van der Waals surface area contributed by atoms with Crippen molar-refractivity contribution in [3.63, 3.8) is 0 Å². The van der Waals surface area contributed by atoms with Crippen LogP contribution in [0.4, 0.5) is 0 Å². The number of hydrogen-bond donors (Lipinski definition) is 8. The molecule has 0 spiro atoms. The molecule has 0 bridgehead atoms. The summed E-state index contributed by atoms with van der Waals surface area (Å²) in [5, 5.41) is 79.2. The summed E-state index contributed by atoms with van der Waals surface area (Å²) in [4.78, 5) is 21.8. The molecule has 13 nitrogen and oxygen atoms in total. The summed E-state index contributed by atoms with van der Waals surface area (Å²) in [6, 6.07) is 0. The van der Waals surface area contributed by atoms with E-state index in [9.17, 15) is 45.3 Å². The minimum Gasteiger partial charge on any atom is -0.481 e. The van der Waals surface area contributed by atoms with Gasteiger partial charge in [0.2, 0.25) is 0 Å². The highest BCUT2D eigenvalue weighted by atomic mass is 16.6. The molecule has 9 atom stereocenters. The van der Waals surface area contributed by atoms with Crippen molar-refractivity contribution in [2.24, 2.45) is 0 Å². The molecule has 0 saturated carbocycles. The van der Waals surface area contributed by atoms with Crippen molar-refractivity contribution in [2.75, 3.05) is 13.2 Å². The van der Waals surface area contributed by atoms with Crippen LogP contribution < -0.4 is 0 Å². The van der Waals surface area contributed by atoms with E-state index in [0.29, 0.717) is 6.61 Å². The number of aliphatic hydroxyl groups is 7. The van der Waals surface area contributed by atoms with Crippen molar-refractivity contribution in [3.8, 4) is 0 Å². The molecule has 2 aliphatic rings. The van der Waals surface area contributed by atoms with Gasteiger partial charge < -0.3 is 55.1 Å². The quantitative estimate of drug-likeness (QED) is 0.151. The number of esters is 1. The Labute approximate surface area is 158 Å². The Morgan fingerprint density at radius 3 is 2.25 bits per heavy atom. The molecule has 2 aliphatic heterocycles. The fraction of sp³-hybridized carbons (Fsp3) is 0.800. The van der Waals surface area contributed by atoms with Crippen LogP contribution in [0.25, 0.3) is 0 Å². The topological polar surface area (TPSA) is 224 Å². The van der Waals surface area contributed by atoms with Gasteiger partial charge in [0, 0.05) is 0 Å². The van der Waals surface area contributed by atoms with Crippen LogP contribution in [0.15, 0.2) is 0 Å². The van der Waals surface area contributed by atoms with Gasteiger partial charge in [0.15, 0.2) is 5.60 Å². The zero-order valence-corrected chi connectivity index (χ0v) is 14.4. The number of ether oxygens (including phenoxy) is 3. The lowest BCUT2D eigenvalue weighted by Crippen LogP contribution is -2.75. The lowest BCUT2D eigenvalue weighted by molar-refractivity contribution is -0.323. The van der Waals surface area contributed by atoms with Gasteiger partial charge in [-0.1, -0.05) is 0 Å². The van der Waals surface area contributed by atoms with E-state index in [4.69, 9.17) is 14.6 Å². The van der Waals surface area contributed by atoms with Crippen molar-refractivity contribution in [2.45, 2.75) is 60.9 Å². The van der Waals surface area contributed by atoms with Crippen LogP contribution >= 0.6 is 0 Å². The molecule has 8 N–H and O–H groups in total. The van der Waals surface area contributed by atoms with E-state index in [0.717, 1.165) is 0 Å². The fourth-order valence-corrected chi connectivity index (χ4v) is 3.13.